The van der Waals surface area contributed by atoms with Gasteiger partial charge in [-0.1, -0.05) is 45.7 Å². The number of nitrogens with one attached hydrogen (secondary N) is 2. The lowest BCUT2D eigenvalue weighted by molar-refractivity contribution is 0.934. The Kier molecular flexibility index (Phi) is 2.68. The zero-order valence-electron chi connectivity index (χ0n) is 8.74. The van der Waals surface area contributed by atoms with Crippen molar-refractivity contribution >= 4 is 38.9 Å². The number of rotatable bonds is 1. The van der Waals surface area contributed by atoms with Crippen molar-refractivity contribution < 1.29 is 0 Å². The summed E-state index contributed by atoms with van der Waals surface area (Å²) in [6.45, 7) is 0. The maximum atomic E-state index is 6.04. The van der Waals surface area contributed by atoms with E-state index in [0.29, 0.717) is 5.15 Å². The summed E-state index contributed by atoms with van der Waals surface area (Å²) in [6.07, 6.45) is 1.71. The molecule has 0 radical (unpaired) electrons. The van der Waals surface area contributed by atoms with Gasteiger partial charge in [-0.3, -0.25) is 0 Å². The molecule has 0 saturated carbocycles. The third kappa shape index (κ3) is 1.87. The first-order chi connectivity index (χ1) is 8.25. The molecular weight excluding hydrogens is 302 g/mol. The quantitative estimate of drug-likeness (QED) is 0.781. The molecule has 3 nitrogen and oxygen atoms in total. The maximum absolute atomic E-state index is 6.04. The van der Waals surface area contributed by atoms with Crippen LogP contribution in [0.2, 0.25) is 5.15 Å². The zero-order chi connectivity index (χ0) is 11.8. The number of nitrogens with zero attached hydrogens (tertiary/aromatic N) is 1. The van der Waals surface area contributed by atoms with Crippen LogP contribution in [0.5, 0.6) is 0 Å². The topological polar surface area (TPSA) is 37.0 Å². The van der Waals surface area contributed by atoms with Crippen molar-refractivity contribution in [1.82, 2.24) is 4.98 Å². The van der Waals surface area contributed by atoms with Crippen LogP contribution in [0.1, 0.15) is 11.7 Å². The van der Waals surface area contributed by atoms with E-state index in [0.717, 1.165) is 21.4 Å². The summed E-state index contributed by atoms with van der Waals surface area (Å²) >= 11 is 9.58. The lowest BCUT2D eigenvalue weighted by Crippen LogP contribution is -2.12. The number of hydrogen-bond donors (Lipinski definition) is 2. The standard InChI is InChI=1S/C12H9BrClN3/c13-8-4-2-1-3-7(8)12-16-9-5-6-15-11(14)10(9)17-12/h1-6,12,16-17H. The van der Waals surface area contributed by atoms with E-state index < -0.39 is 0 Å². The van der Waals surface area contributed by atoms with Crippen LogP contribution in [0, 0.1) is 0 Å². The molecule has 5 heteroatoms. The highest BCUT2D eigenvalue weighted by atomic mass is 79.9. The molecule has 86 valence electrons. The molecule has 0 aliphatic carbocycles. The van der Waals surface area contributed by atoms with Gasteiger partial charge >= 0.3 is 0 Å². The van der Waals surface area contributed by atoms with Crippen LogP contribution in [-0.4, -0.2) is 4.98 Å². The normalized spacial score (nSPS) is 17.2. The average Bonchev–Trinajstić information content (AvgIpc) is 2.75. The van der Waals surface area contributed by atoms with Gasteiger partial charge in [0.05, 0.1) is 11.4 Å². The highest BCUT2D eigenvalue weighted by Gasteiger charge is 2.24. The third-order valence-corrected chi connectivity index (χ3v) is 3.72. The Hall–Kier alpha value is -1.26. The maximum Gasteiger partial charge on any atom is 0.154 e. The summed E-state index contributed by atoms with van der Waals surface area (Å²) in [6, 6.07) is 9.98. The fourth-order valence-electron chi connectivity index (χ4n) is 1.89. The van der Waals surface area contributed by atoms with Gasteiger partial charge in [-0.25, -0.2) is 4.98 Å². The van der Waals surface area contributed by atoms with E-state index in [9.17, 15) is 0 Å². The molecule has 1 aliphatic heterocycles. The van der Waals surface area contributed by atoms with Gasteiger partial charge < -0.3 is 10.6 Å². The van der Waals surface area contributed by atoms with Gasteiger partial charge in [-0.15, -0.1) is 0 Å². The highest BCUT2D eigenvalue weighted by Crippen LogP contribution is 2.40. The van der Waals surface area contributed by atoms with E-state index in [4.69, 9.17) is 11.6 Å². The van der Waals surface area contributed by atoms with Gasteiger partial charge in [0, 0.05) is 16.2 Å². The number of benzene rings is 1. The van der Waals surface area contributed by atoms with E-state index in [-0.39, 0.29) is 6.17 Å². The predicted molar refractivity (Wildman–Crippen MR) is 73.4 cm³/mol. The van der Waals surface area contributed by atoms with Crippen LogP contribution in [0.4, 0.5) is 11.4 Å². The number of pyridine rings is 1. The van der Waals surface area contributed by atoms with Crippen molar-refractivity contribution in [3.05, 3.63) is 51.7 Å². The summed E-state index contributed by atoms with van der Waals surface area (Å²) in [5.74, 6) is 0. The second-order valence-electron chi connectivity index (χ2n) is 3.77. The molecule has 0 spiro atoms. The largest absolute Gasteiger partial charge is 0.360 e. The Morgan fingerprint density at radius 3 is 2.76 bits per heavy atom. The Labute approximate surface area is 112 Å². The smallest absolute Gasteiger partial charge is 0.154 e. The van der Waals surface area contributed by atoms with Crippen molar-refractivity contribution in [3.63, 3.8) is 0 Å². The number of halogens is 2. The minimum Gasteiger partial charge on any atom is -0.360 e. The second-order valence-corrected chi connectivity index (χ2v) is 4.98. The highest BCUT2D eigenvalue weighted by molar-refractivity contribution is 9.10. The van der Waals surface area contributed by atoms with Gasteiger partial charge in [-0.05, 0) is 12.1 Å². The van der Waals surface area contributed by atoms with Crippen molar-refractivity contribution in [1.29, 1.82) is 0 Å². The van der Waals surface area contributed by atoms with Crippen LogP contribution in [0.25, 0.3) is 0 Å². The summed E-state index contributed by atoms with van der Waals surface area (Å²) in [7, 11) is 0. The van der Waals surface area contributed by atoms with Crippen LogP contribution < -0.4 is 10.6 Å². The third-order valence-electron chi connectivity index (χ3n) is 2.71. The first kappa shape index (κ1) is 10.9. The summed E-state index contributed by atoms with van der Waals surface area (Å²) in [5, 5.41) is 7.18. The number of hydrogen-bond acceptors (Lipinski definition) is 3. The summed E-state index contributed by atoms with van der Waals surface area (Å²) < 4.78 is 1.06. The van der Waals surface area contributed by atoms with Crippen LogP contribution >= 0.6 is 27.5 Å². The monoisotopic (exact) mass is 309 g/mol. The molecule has 2 aromatic rings. The molecule has 1 unspecified atom stereocenters. The van der Waals surface area contributed by atoms with Crippen LogP contribution in [0.15, 0.2) is 41.0 Å². The number of fused-ring (bicyclic) bond motifs is 1. The molecule has 2 N–H and O–H groups in total. The van der Waals surface area contributed by atoms with E-state index >= 15 is 0 Å². The first-order valence-electron chi connectivity index (χ1n) is 5.18. The second kappa shape index (κ2) is 4.20. The number of aromatic nitrogens is 1. The Morgan fingerprint density at radius 1 is 1.18 bits per heavy atom. The van der Waals surface area contributed by atoms with Crippen LogP contribution in [0.3, 0.4) is 0 Å². The average molecular weight is 311 g/mol. The van der Waals surface area contributed by atoms with Crippen molar-refractivity contribution in [2.24, 2.45) is 0 Å². The molecule has 3 rings (SSSR count). The van der Waals surface area contributed by atoms with E-state index in [2.05, 4.69) is 37.6 Å². The first-order valence-corrected chi connectivity index (χ1v) is 6.35. The van der Waals surface area contributed by atoms with E-state index in [1.165, 1.54) is 0 Å². The fraction of sp³-hybridized carbons (Fsp3) is 0.0833. The van der Waals surface area contributed by atoms with Gasteiger partial charge in [0.25, 0.3) is 0 Å². The molecule has 1 aromatic carbocycles. The molecule has 1 aromatic heterocycles. The van der Waals surface area contributed by atoms with Crippen LogP contribution in [-0.2, 0) is 0 Å². The lowest BCUT2D eigenvalue weighted by atomic mass is 10.2. The fourth-order valence-corrected chi connectivity index (χ4v) is 2.62. The molecule has 0 saturated heterocycles. The minimum atomic E-state index is 0.0160. The molecule has 0 fully saturated rings. The molecular formula is C12H9BrClN3. The van der Waals surface area contributed by atoms with Gasteiger partial charge in [-0.2, -0.15) is 0 Å². The Morgan fingerprint density at radius 2 is 2.00 bits per heavy atom. The van der Waals surface area contributed by atoms with Gasteiger partial charge in [0.1, 0.15) is 6.17 Å². The Bertz CT molecular complexity index is 573. The summed E-state index contributed by atoms with van der Waals surface area (Å²) in [4.78, 5) is 4.05. The zero-order valence-corrected chi connectivity index (χ0v) is 11.1. The Balaban J connectivity index is 1.97. The molecule has 17 heavy (non-hydrogen) atoms. The molecule has 0 bridgehead atoms. The molecule has 1 aliphatic rings. The van der Waals surface area contributed by atoms with Crippen molar-refractivity contribution in [3.8, 4) is 0 Å². The van der Waals surface area contributed by atoms with E-state index in [1.54, 1.807) is 6.20 Å². The summed E-state index contributed by atoms with van der Waals surface area (Å²) in [5.41, 5.74) is 2.97. The minimum absolute atomic E-state index is 0.0160. The van der Waals surface area contributed by atoms with Crippen molar-refractivity contribution in [2.45, 2.75) is 6.17 Å². The SMILES string of the molecule is Clc1nccc2c1NC(c1ccccc1Br)N2. The molecule has 1 atom stereocenters. The predicted octanol–water partition coefficient (Wildman–Crippen LogP) is 4.03. The lowest BCUT2D eigenvalue weighted by Gasteiger charge is -2.14. The molecule has 2 heterocycles. The molecule has 0 amide bonds. The number of anilines is 2. The van der Waals surface area contributed by atoms with Gasteiger partial charge in [0.2, 0.25) is 0 Å². The van der Waals surface area contributed by atoms with E-state index in [1.807, 2.05) is 24.3 Å². The van der Waals surface area contributed by atoms with Gasteiger partial charge in [0.15, 0.2) is 5.15 Å². The van der Waals surface area contributed by atoms with Crippen molar-refractivity contribution in [2.75, 3.05) is 10.6 Å².